The summed E-state index contributed by atoms with van der Waals surface area (Å²) >= 11 is 13.0. The van der Waals surface area contributed by atoms with Crippen molar-refractivity contribution in [3.8, 4) is 11.5 Å². The fourth-order valence-electron chi connectivity index (χ4n) is 3.57. The van der Waals surface area contributed by atoms with Gasteiger partial charge >= 0.3 is 0 Å². The third-order valence-corrected chi connectivity index (χ3v) is 6.99. The standard InChI is InChI=1S/C27H22Cl2N2O5S/c1-16-6-3-4-8-21(16)30-24(32)14-31-26(33)23(37-27(31)34)12-17-7-5-9-22(35-2)25(17)36-15-18-10-11-19(28)13-20(18)29/h3-13H,14-15H2,1-2H3,(H,30,32)/b23-12+. The third kappa shape index (κ3) is 6.28. The lowest BCUT2D eigenvalue weighted by Crippen LogP contribution is -2.36. The average Bonchev–Trinajstić information content (AvgIpc) is 3.12. The Kier molecular flexibility index (Phi) is 8.43. The second-order valence-electron chi connectivity index (χ2n) is 8.03. The molecule has 0 radical (unpaired) electrons. The van der Waals surface area contributed by atoms with E-state index in [2.05, 4.69) is 5.32 Å². The summed E-state index contributed by atoms with van der Waals surface area (Å²) in [6, 6.07) is 17.5. The number of benzene rings is 3. The summed E-state index contributed by atoms with van der Waals surface area (Å²) in [5.41, 5.74) is 2.73. The molecule has 1 N–H and O–H groups in total. The van der Waals surface area contributed by atoms with Gasteiger partial charge in [-0.25, -0.2) is 0 Å². The van der Waals surface area contributed by atoms with E-state index in [1.165, 1.54) is 7.11 Å². The van der Waals surface area contributed by atoms with Gasteiger partial charge in [0.2, 0.25) is 5.91 Å². The van der Waals surface area contributed by atoms with Crippen molar-refractivity contribution in [3.05, 3.63) is 92.3 Å². The molecule has 3 aromatic rings. The Morgan fingerprint density at radius 2 is 1.86 bits per heavy atom. The number of carbonyl (C=O) groups excluding carboxylic acids is 3. The van der Waals surface area contributed by atoms with E-state index in [4.69, 9.17) is 32.7 Å². The smallest absolute Gasteiger partial charge is 0.294 e. The number of carbonyl (C=O) groups is 3. The minimum absolute atomic E-state index is 0.123. The molecule has 1 fully saturated rings. The van der Waals surface area contributed by atoms with Gasteiger partial charge in [-0.05, 0) is 54.6 Å². The number of imide groups is 1. The number of rotatable bonds is 8. The van der Waals surface area contributed by atoms with Gasteiger partial charge < -0.3 is 14.8 Å². The molecular formula is C27H22Cl2N2O5S. The number of hydrogen-bond acceptors (Lipinski definition) is 6. The van der Waals surface area contributed by atoms with Gasteiger partial charge in [-0.15, -0.1) is 0 Å². The van der Waals surface area contributed by atoms with Crippen LogP contribution < -0.4 is 14.8 Å². The molecule has 7 nitrogen and oxygen atoms in total. The molecule has 1 aliphatic rings. The number of nitrogens with zero attached hydrogens (tertiary/aromatic N) is 1. The lowest BCUT2D eigenvalue weighted by molar-refractivity contribution is -0.127. The highest BCUT2D eigenvalue weighted by Gasteiger charge is 2.36. The summed E-state index contributed by atoms with van der Waals surface area (Å²) in [6.07, 6.45) is 1.55. The molecule has 190 valence electrons. The largest absolute Gasteiger partial charge is 0.493 e. The second kappa shape index (κ2) is 11.7. The normalized spacial score (nSPS) is 14.3. The maximum atomic E-state index is 13.0. The monoisotopic (exact) mass is 556 g/mol. The lowest BCUT2D eigenvalue weighted by atomic mass is 10.1. The van der Waals surface area contributed by atoms with E-state index in [1.807, 2.05) is 19.1 Å². The Labute approximate surface area is 228 Å². The van der Waals surface area contributed by atoms with Gasteiger partial charge in [-0.3, -0.25) is 19.3 Å². The molecule has 0 unspecified atom stereocenters. The Morgan fingerprint density at radius 1 is 1.08 bits per heavy atom. The molecule has 37 heavy (non-hydrogen) atoms. The van der Waals surface area contributed by atoms with E-state index in [0.29, 0.717) is 38.4 Å². The number of ether oxygens (including phenoxy) is 2. The molecule has 0 saturated carbocycles. The zero-order valence-electron chi connectivity index (χ0n) is 19.9. The Bertz CT molecular complexity index is 1410. The van der Waals surface area contributed by atoms with Crippen LogP contribution in [0.2, 0.25) is 10.0 Å². The zero-order valence-corrected chi connectivity index (χ0v) is 22.2. The molecule has 3 amide bonds. The summed E-state index contributed by atoms with van der Waals surface area (Å²) in [7, 11) is 1.50. The molecule has 1 aliphatic heterocycles. The fourth-order valence-corrected chi connectivity index (χ4v) is 4.87. The van der Waals surface area contributed by atoms with Gasteiger partial charge in [0.25, 0.3) is 11.1 Å². The molecule has 4 rings (SSSR count). The number of thioether (sulfide) groups is 1. The van der Waals surface area contributed by atoms with Crippen LogP contribution in [0.3, 0.4) is 0 Å². The first kappa shape index (κ1) is 26.6. The minimum Gasteiger partial charge on any atom is -0.493 e. The highest BCUT2D eigenvalue weighted by Crippen LogP contribution is 2.38. The molecule has 0 spiro atoms. The highest BCUT2D eigenvalue weighted by atomic mass is 35.5. The number of amides is 3. The first-order valence-electron chi connectivity index (χ1n) is 11.1. The van der Waals surface area contributed by atoms with Crippen LogP contribution in [0.5, 0.6) is 11.5 Å². The molecule has 0 aliphatic carbocycles. The summed E-state index contributed by atoms with van der Waals surface area (Å²) in [5.74, 6) is -0.219. The van der Waals surface area contributed by atoms with E-state index in [9.17, 15) is 14.4 Å². The van der Waals surface area contributed by atoms with E-state index in [0.717, 1.165) is 22.2 Å². The number of nitrogens with one attached hydrogen (secondary N) is 1. The Balaban J connectivity index is 1.53. The van der Waals surface area contributed by atoms with Crippen molar-refractivity contribution in [2.24, 2.45) is 0 Å². The molecule has 1 saturated heterocycles. The molecule has 1 heterocycles. The minimum atomic E-state index is -0.565. The van der Waals surface area contributed by atoms with Crippen LogP contribution >= 0.6 is 35.0 Å². The van der Waals surface area contributed by atoms with Gasteiger partial charge in [-0.2, -0.15) is 0 Å². The molecule has 0 aromatic heterocycles. The van der Waals surface area contributed by atoms with Gasteiger partial charge in [0.15, 0.2) is 11.5 Å². The number of aryl methyl sites for hydroxylation is 1. The summed E-state index contributed by atoms with van der Waals surface area (Å²) in [5, 5.41) is 3.17. The summed E-state index contributed by atoms with van der Waals surface area (Å²) < 4.78 is 11.5. The number of anilines is 1. The summed E-state index contributed by atoms with van der Waals surface area (Å²) in [6.45, 7) is 1.58. The topological polar surface area (TPSA) is 84.9 Å². The van der Waals surface area contributed by atoms with E-state index < -0.39 is 23.6 Å². The van der Waals surface area contributed by atoms with Crippen molar-refractivity contribution in [3.63, 3.8) is 0 Å². The molecule has 10 heteroatoms. The highest BCUT2D eigenvalue weighted by molar-refractivity contribution is 8.18. The number of methoxy groups -OCH3 is 1. The van der Waals surface area contributed by atoms with Crippen LogP contribution in [0.4, 0.5) is 10.5 Å². The summed E-state index contributed by atoms with van der Waals surface area (Å²) in [4.78, 5) is 39.2. The van der Waals surface area contributed by atoms with Gasteiger partial charge in [-0.1, -0.05) is 59.6 Å². The predicted molar refractivity (Wildman–Crippen MR) is 146 cm³/mol. The maximum absolute atomic E-state index is 13.0. The zero-order chi connectivity index (χ0) is 26.5. The number of halogens is 2. The second-order valence-corrected chi connectivity index (χ2v) is 9.87. The Hall–Kier alpha value is -3.46. The molecule has 0 bridgehead atoms. The van der Waals surface area contributed by atoms with Crippen LogP contribution in [0.1, 0.15) is 16.7 Å². The van der Waals surface area contributed by atoms with Crippen LogP contribution in [-0.4, -0.2) is 35.6 Å². The molecule has 3 aromatic carbocycles. The van der Waals surface area contributed by atoms with Crippen LogP contribution in [0.15, 0.2) is 65.6 Å². The average molecular weight is 557 g/mol. The molecule has 0 atom stereocenters. The number of hydrogen-bond donors (Lipinski definition) is 1. The van der Waals surface area contributed by atoms with Crippen molar-refractivity contribution < 1.29 is 23.9 Å². The first-order chi connectivity index (χ1) is 17.8. The van der Waals surface area contributed by atoms with Crippen molar-refractivity contribution >= 4 is 63.8 Å². The van der Waals surface area contributed by atoms with Gasteiger partial charge in [0.05, 0.1) is 12.0 Å². The number of para-hydroxylation sites is 2. The first-order valence-corrected chi connectivity index (χ1v) is 12.7. The van der Waals surface area contributed by atoms with Crippen LogP contribution in [0, 0.1) is 6.92 Å². The van der Waals surface area contributed by atoms with Crippen LogP contribution in [0.25, 0.3) is 6.08 Å². The SMILES string of the molecule is COc1cccc(/C=C2/SC(=O)N(CC(=O)Nc3ccccc3C)C2=O)c1OCc1ccc(Cl)cc1Cl. The fraction of sp³-hybridized carbons (Fsp3) is 0.148. The van der Waals surface area contributed by atoms with Crippen LogP contribution in [-0.2, 0) is 16.2 Å². The lowest BCUT2D eigenvalue weighted by Gasteiger charge is -2.15. The molecular weight excluding hydrogens is 535 g/mol. The van der Waals surface area contributed by atoms with Gasteiger partial charge in [0.1, 0.15) is 13.2 Å². The Morgan fingerprint density at radius 3 is 2.59 bits per heavy atom. The van der Waals surface area contributed by atoms with E-state index in [-0.39, 0.29) is 11.5 Å². The van der Waals surface area contributed by atoms with Crippen molar-refractivity contribution in [1.29, 1.82) is 0 Å². The van der Waals surface area contributed by atoms with Crippen molar-refractivity contribution in [2.75, 3.05) is 19.0 Å². The predicted octanol–water partition coefficient (Wildman–Crippen LogP) is 6.56. The quantitative estimate of drug-likeness (QED) is 0.316. The third-order valence-electron chi connectivity index (χ3n) is 5.50. The van der Waals surface area contributed by atoms with E-state index >= 15 is 0 Å². The van der Waals surface area contributed by atoms with Crippen molar-refractivity contribution in [1.82, 2.24) is 4.90 Å². The van der Waals surface area contributed by atoms with E-state index in [1.54, 1.807) is 54.6 Å². The maximum Gasteiger partial charge on any atom is 0.294 e. The van der Waals surface area contributed by atoms with Crippen molar-refractivity contribution in [2.45, 2.75) is 13.5 Å². The van der Waals surface area contributed by atoms with Gasteiger partial charge in [0, 0.05) is 26.9 Å².